The van der Waals surface area contributed by atoms with Crippen LogP contribution in [-0.4, -0.2) is 18.2 Å². The number of nitrogens with zero attached hydrogens (tertiary/aromatic N) is 2. The highest BCUT2D eigenvalue weighted by molar-refractivity contribution is 7.92. The van der Waals surface area contributed by atoms with Gasteiger partial charge >= 0.3 is 0 Å². The van der Waals surface area contributed by atoms with Crippen LogP contribution in [0.4, 0.5) is 5.69 Å². The molecule has 5 nitrogen and oxygen atoms in total. The van der Waals surface area contributed by atoms with Gasteiger partial charge in [0, 0.05) is 12.7 Å². The van der Waals surface area contributed by atoms with Crippen LogP contribution in [-0.2, 0) is 16.6 Å². The van der Waals surface area contributed by atoms with Crippen LogP contribution in [0, 0.1) is 0 Å². The first-order valence-corrected chi connectivity index (χ1v) is 8.59. The molecule has 1 aromatic heterocycles. The van der Waals surface area contributed by atoms with E-state index < -0.39 is 10.0 Å². The number of anilines is 1. The van der Waals surface area contributed by atoms with E-state index >= 15 is 0 Å². The fourth-order valence-corrected chi connectivity index (χ4v) is 3.04. The first kappa shape index (κ1) is 15.6. The topological polar surface area (TPSA) is 64.0 Å². The number of benzene rings is 1. The van der Waals surface area contributed by atoms with E-state index in [1.54, 1.807) is 23.0 Å². The van der Waals surface area contributed by atoms with Crippen LogP contribution in [0.2, 0.25) is 0 Å². The second-order valence-electron chi connectivity index (χ2n) is 5.07. The standard InChI is InChI=1S/C15H21N3O2S/c1-4-12(3)13-6-8-15(9-7-13)21(19,20)17-14-10-16-18(5-2)11-14/h6-12,17H,4-5H2,1-3H3. The maximum Gasteiger partial charge on any atom is 0.261 e. The van der Waals surface area contributed by atoms with E-state index in [9.17, 15) is 8.42 Å². The van der Waals surface area contributed by atoms with E-state index in [1.165, 1.54) is 6.20 Å². The highest BCUT2D eigenvalue weighted by atomic mass is 32.2. The molecule has 1 unspecified atom stereocenters. The third kappa shape index (κ3) is 3.64. The van der Waals surface area contributed by atoms with Crippen molar-refractivity contribution in [1.82, 2.24) is 9.78 Å². The van der Waals surface area contributed by atoms with Gasteiger partial charge in [-0.2, -0.15) is 5.10 Å². The molecule has 0 saturated heterocycles. The second kappa shape index (κ2) is 6.30. The van der Waals surface area contributed by atoms with Crippen LogP contribution >= 0.6 is 0 Å². The summed E-state index contributed by atoms with van der Waals surface area (Å²) in [6, 6.07) is 7.04. The van der Waals surface area contributed by atoms with Crippen molar-refractivity contribution in [3.63, 3.8) is 0 Å². The zero-order valence-corrected chi connectivity index (χ0v) is 13.4. The van der Waals surface area contributed by atoms with E-state index in [1.807, 2.05) is 19.1 Å². The zero-order chi connectivity index (χ0) is 15.5. The van der Waals surface area contributed by atoms with Crippen molar-refractivity contribution in [2.75, 3.05) is 4.72 Å². The molecule has 114 valence electrons. The van der Waals surface area contributed by atoms with Gasteiger partial charge in [0.2, 0.25) is 0 Å². The Morgan fingerprint density at radius 1 is 1.24 bits per heavy atom. The lowest BCUT2D eigenvalue weighted by atomic mass is 9.99. The molecule has 2 rings (SSSR count). The maximum absolute atomic E-state index is 12.3. The van der Waals surface area contributed by atoms with E-state index in [0.717, 1.165) is 12.0 Å². The van der Waals surface area contributed by atoms with Gasteiger partial charge in [-0.3, -0.25) is 9.40 Å². The van der Waals surface area contributed by atoms with Crippen LogP contribution in [0.3, 0.4) is 0 Å². The Morgan fingerprint density at radius 2 is 1.90 bits per heavy atom. The predicted octanol–water partition coefficient (Wildman–Crippen LogP) is 3.22. The van der Waals surface area contributed by atoms with Crippen LogP contribution in [0.15, 0.2) is 41.6 Å². The van der Waals surface area contributed by atoms with Crippen molar-refractivity contribution in [2.24, 2.45) is 0 Å². The third-order valence-corrected chi connectivity index (χ3v) is 4.98. The number of rotatable bonds is 6. The number of hydrogen-bond acceptors (Lipinski definition) is 3. The first-order chi connectivity index (χ1) is 9.96. The lowest BCUT2D eigenvalue weighted by molar-refractivity contribution is 0.601. The molecule has 6 heteroatoms. The minimum atomic E-state index is -3.56. The Kier molecular flexibility index (Phi) is 4.67. The van der Waals surface area contributed by atoms with Crippen LogP contribution in [0.25, 0.3) is 0 Å². The highest BCUT2D eigenvalue weighted by Crippen LogP contribution is 2.21. The summed E-state index contributed by atoms with van der Waals surface area (Å²) < 4.78 is 28.8. The summed E-state index contributed by atoms with van der Waals surface area (Å²) in [6.45, 7) is 6.88. The number of nitrogens with one attached hydrogen (secondary N) is 1. The average Bonchev–Trinajstić information content (AvgIpc) is 2.93. The third-order valence-electron chi connectivity index (χ3n) is 3.58. The van der Waals surface area contributed by atoms with Gasteiger partial charge in [-0.1, -0.05) is 26.0 Å². The van der Waals surface area contributed by atoms with E-state index in [0.29, 0.717) is 18.2 Å². The van der Waals surface area contributed by atoms with Gasteiger partial charge in [0.25, 0.3) is 10.0 Å². The lowest BCUT2D eigenvalue weighted by Gasteiger charge is -2.10. The molecule has 0 saturated carbocycles. The highest BCUT2D eigenvalue weighted by Gasteiger charge is 2.15. The molecule has 1 atom stereocenters. The molecule has 1 aromatic carbocycles. The van der Waals surface area contributed by atoms with E-state index in [4.69, 9.17) is 0 Å². The largest absolute Gasteiger partial charge is 0.276 e. The molecule has 0 radical (unpaired) electrons. The zero-order valence-electron chi connectivity index (χ0n) is 12.6. The predicted molar refractivity (Wildman–Crippen MR) is 83.9 cm³/mol. The molecule has 21 heavy (non-hydrogen) atoms. The summed E-state index contributed by atoms with van der Waals surface area (Å²) in [4.78, 5) is 0.263. The number of aryl methyl sites for hydroxylation is 1. The molecule has 0 spiro atoms. The van der Waals surface area contributed by atoms with Crippen LogP contribution in [0.1, 0.15) is 38.7 Å². The Hall–Kier alpha value is -1.82. The normalized spacial score (nSPS) is 13.1. The van der Waals surface area contributed by atoms with Gasteiger partial charge in [0.15, 0.2) is 0 Å². The number of hydrogen-bond donors (Lipinski definition) is 1. The molecule has 1 N–H and O–H groups in total. The smallest absolute Gasteiger partial charge is 0.261 e. The van der Waals surface area contributed by atoms with Gasteiger partial charge in [-0.15, -0.1) is 0 Å². The minimum Gasteiger partial charge on any atom is -0.276 e. The summed E-state index contributed by atoms with van der Waals surface area (Å²) in [5.41, 5.74) is 1.62. The fraction of sp³-hybridized carbons (Fsp3) is 0.400. The molecule has 2 aromatic rings. The van der Waals surface area contributed by atoms with Crippen molar-refractivity contribution >= 4 is 15.7 Å². The minimum absolute atomic E-state index is 0.263. The molecular weight excluding hydrogens is 286 g/mol. The average molecular weight is 307 g/mol. The van der Waals surface area contributed by atoms with Gasteiger partial charge in [-0.25, -0.2) is 8.42 Å². The summed E-state index contributed by atoms with van der Waals surface area (Å²) in [6.07, 6.45) is 4.21. The lowest BCUT2D eigenvalue weighted by Crippen LogP contribution is -2.12. The van der Waals surface area contributed by atoms with Crippen molar-refractivity contribution < 1.29 is 8.42 Å². The summed E-state index contributed by atoms with van der Waals surface area (Å²) >= 11 is 0. The monoisotopic (exact) mass is 307 g/mol. The molecule has 0 fully saturated rings. The van der Waals surface area contributed by atoms with Crippen molar-refractivity contribution in [2.45, 2.75) is 44.6 Å². The van der Waals surface area contributed by atoms with Crippen LogP contribution in [0.5, 0.6) is 0 Å². The molecule has 0 aliphatic heterocycles. The Morgan fingerprint density at radius 3 is 2.43 bits per heavy atom. The summed E-state index contributed by atoms with van der Waals surface area (Å²) in [7, 11) is -3.56. The molecule has 0 aliphatic carbocycles. The van der Waals surface area contributed by atoms with E-state index in [-0.39, 0.29) is 4.90 Å². The van der Waals surface area contributed by atoms with Gasteiger partial charge < -0.3 is 0 Å². The Labute approximate surface area is 126 Å². The van der Waals surface area contributed by atoms with Crippen molar-refractivity contribution in [3.8, 4) is 0 Å². The molecule has 0 amide bonds. The Balaban J connectivity index is 2.19. The molecule has 1 heterocycles. The number of aromatic nitrogens is 2. The van der Waals surface area contributed by atoms with Crippen LogP contribution < -0.4 is 4.72 Å². The summed E-state index contributed by atoms with van der Waals surface area (Å²) in [5, 5.41) is 4.05. The molecular formula is C15H21N3O2S. The Bertz CT molecular complexity index is 690. The second-order valence-corrected chi connectivity index (χ2v) is 6.75. The van der Waals surface area contributed by atoms with Gasteiger partial charge in [0.05, 0.1) is 16.8 Å². The quantitative estimate of drug-likeness (QED) is 0.891. The SMILES string of the molecule is CCC(C)c1ccc(S(=O)(=O)Nc2cnn(CC)c2)cc1. The molecule has 0 bridgehead atoms. The molecule has 0 aliphatic rings. The van der Waals surface area contributed by atoms with E-state index in [2.05, 4.69) is 23.7 Å². The fourth-order valence-electron chi connectivity index (χ4n) is 2.01. The first-order valence-electron chi connectivity index (χ1n) is 7.11. The van der Waals surface area contributed by atoms with Crippen molar-refractivity contribution in [3.05, 3.63) is 42.2 Å². The summed E-state index contributed by atoms with van der Waals surface area (Å²) in [5.74, 6) is 0.428. The maximum atomic E-state index is 12.3. The van der Waals surface area contributed by atoms with Crippen molar-refractivity contribution in [1.29, 1.82) is 0 Å². The van der Waals surface area contributed by atoms with Gasteiger partial charge in [0.1, 0.15) is 0 Å². The van der Waals surface area contributed by atoms with Gasteiger partial charge in [-0.05, 0) is 37.0 Å². The number of sulfonamides is 1.